The maximum absolute atomic E-state index is 6.52. The quantitative estimate of drug-likeness (QED) is 0.348. The predicted molar refractivity (Wildman–Crippen MR) is 108 cm³/mol. The first-order chi connectivity index (χ1) is 13.3. The summed E-state index contributed by atoms with van der Waals surface area (Å²) in [5, 5.41) is 3.19. The van der Waals surface area contributed by atoms with Crippen molar-refractivity contribution in [1.82, 2.24) is 4.98 Å². The molecule has 3 heterocycles. The van der Waals surface area contributed by atoms with Gasteiger partial charge in [-0.2, -0.15) is 0 Å². The topological polar surface area (TPSA) is 41.6 Å². The maximum atomic E-state index is 6.52. The van der Waals surface area contributed by atoms with E-state index >= 15 is 0 Å². The van der Waals surface area contributed by atoms with Crippen molar-refractivity contribution in [2.24, 2.45) is 4.99 Å². The van der Waals surface area contributed by atoms with Gasteiger partial charge in [0.2, 0.25) is 0 Å². The molecule has 134 valence electrons. The fourth-order valence-corrected chi connectivity index (χ4v) is 4.94. The summed E-state index contributed by atoms with van der Waals surface area (Å²) < 4.78 is 6.52. The molecule has 4 aliphatic rings. The van der Waals surface area contributed by atoms with Crippen LogP contribution in [0.15, 0.2) is 45.8 Å². The van der Waals surface area contributed by atoms with Crippen molar-refractivity contribution >= 4 is 27.6 Å². The highest BCUT2D eigenvalue weighted by molar-refractivity contribution is 5.97. The van der Waals surface area contributed by atoms with E-state index in [9.17, 15) is 0 Å². The number of anilines is 1. The average molecular weight is 355 g/mol. The molecule has 4 heteroatoms. The van der Waals surface area contributed by atoms with Gasteiger partial charge in [0.15, 0.2) is 11.3 Å². The van der Waals surface area contributed by atoms with Crippen LogP contribution in [-0.2, 0) is 12.8 Å². The van der Waals surface area contributed by atoms with Gasteiger partial charge in [-0.3, -0.25) is 4.99 Å². The molecular formula is C23H21N3O. The molecule has 0 atom stereocenters. The summed E-state index contributed by atoms with van der Waals surface area (Å²) in [5.41, 5.74) is 7.10. The van der Waals surface area contributed by atoms with Gasteiger partial charge in [-0.25, -0.2) is 4.98 Å². The molecule has 0 spiro atoms. The number of hydrogen-bond acceptors (Lipinski definition) is 4. The normalized spacial score (nSPS) is 17.1. The number of benzene rings is 3. The summed E-state index contributed by atoms with van der Waals surface area (Å²) in [5.74, 6) is 0.825. The molecule has 1 aliphatic carbocycles. The van der Waals surface area contributed by atoms with Gasteiger partial charge in [-0.05, 0) is 37.3 Å². The predicted octanol–water partition coefficient (Wildman–Crippen LogP) is 4.32. The number of nitrogens with zero attached hydrogens (tertiary/aromatic N) is 3. The second-order valence-electron chi connectivity index (χ2n) is 7.63. The van der Waals surface area contributed by atoms with Crippen molar-refractivity contribution in [3.05, 3.63) is 52.9 Å². The van der Waals surface area contributed by atoms with Gasteiger partial charge in [0.25, 0.3) is 0 Å². The first kappa shape index (κ1) is 15.2. The van der Waals surface area contributed by atoms with Crippen LogP contribution >= 0.6 is 0 Å². The number of fused-ring (bicyclic) bond motifs is 5. The van der Waals surface area contributed by atoms with Gasteiger partial charge < -0.3 is 9.32 Å². The molecule has 0 bridgehead atoms. The standard InChI is InChI=1S/C23H21N3O/c1-24-18-13-20-21(16-8-3-2-7-15(16)18)25-19-12-14-6-4-10-26-11-5-9-17(22(14)26)23(19)27-20/h2-3,7-8,12-13H,4-6,9-11H2,1H3/b24-18-. The lowest BCUT2D eigenvalue weighted by Crippen LogP contribution is -2.34. The van der Waals surface area contributed by atoms with Crippen LogP contribution in [0.3, 0.4) is 0 Å². The Morgan fingerprint density at radius 1 is 1.04 bits per heavy atom. The second-order valence-corrected chi connectivity index (χ2v) is 7.63. The zero-order valence-corrected chi connectivity index (χ0v) is 15.5. The van der Waals surface area contributed by atoms with Crippen LogP contribution in [0.4, 0.5) is 5.69 Å². The molecule has 3 aliphatic heterocycles. The molecule has 0 radical (unpaired) electrons. The number of hydrogen-bond donors (Lipinski definition) is 0. The SMILES string of the molecule is C/N=c1/cc2oc3c4c5c(cc3nc-2c2ccccc12)CCCN5CCC4. The van der Waals surface area contributed by atoms with E-state index in [1.165, 1.54) is 29.7 Å². The summed E-state index contributed by atoms with van der Waals surface area (Å²) in [7, 11) is 1.83. The number of aromatic nitrogens is 1. The van der Waals surface area contributed by atoms with Crippen molar-refractivity contribution in [2.45, 2.75) is 25.7 Å². The Bertz CT molecular complexity index is 1250. The highest BCUT2D eigenvalue weighted by atomic mass is 16.3. The fourth-order valence-electron chi connectivity index (χ4n) is 4.94. The lowest BCUT2D eigenvalue weighted by Gasteiger charge is -2.37. The first-order valence-corrected chi connectivity index (χ1v) is 9.82. The van der Waals surface area contributed by atoms with E-state index < -0.39 is 0 Å². The number of rotatable bonds is 0. The summed E-state index contributed by atoms with van der Waals surface area (Å²) in [6.07, 6.45) is 4.63. The van der Waals surface area contributed by atoms with E-state index in [0.717, 1.165) is 64.6 Å². The Kier molecular flexibility index (Phi) is 3.13. The Labute approximate surface area is 157 Å². The third kappa shape index (κ3) is 2.10. The van der Waals surface area contributed by atoms with Crippen LogP contribution in [0.1, 0.15) is 24.0 Å². The highest BCUT2D eigenvalue weighted by Gasteiger charge is 2.28. The van der Waals surface area contributed by atoms with Crippen molar-refractivity contribution in [2.75, 3.05) is 25.0 Å². The highest BCUT2D eigenvalue weighted by Crippen LogP contribution is 2.41. The Balaban J connectivity index is 1.77. The second kappa shape index (κ2) is 5.56. The largest absolute Gasteiger partial charge is 0.452 e. The van der Waals surface area contributed by atoms with Gasteiger partial charge >= 0.3 is 0 Å². The lowest BCUT2D eigenvalue weighted by molar-refractivity contribution is 0.590. The molecule has 0 N–H and O–H groups in total. The summed E-state index contributed by atoms with van der Waals surface area (Å²) in [6.45, 7) is 2.33. The Morgan fingerprint density at radius 3 is 2.70 bits per heavy atom. The molecule has 2 aromatic carbocycles. The smallest absolute Gasteiger partial charge is 0.158 e. The van der Waals surface area contributed by atoms with Crippen molar-refractivity contribution in [1.29, 1.82) is 0 Å². The third-order valence-corrected chi connectivity index (χ3v) is 6.10. The van der Waals surface area contributed by atoms with E-state index in [4.69, 9.17) is 9.40 Å². The van der Waals surface area contributed by atoms with Gasteiger partial charge in [0.05, 0.1) is 5.36 Å². The molecule has 0 aromatic heterocycles. The lowest BCUT2D eigenvalue weighted by atomic mass is 9.91. The molecule has 27 heavy (non-hydrogen) atoms. The molecule has 0 fully saturated rings. The van der Waals surface area contributed by atoms with Crippen LogP contribution in [0.25, 0.3) is 33.3 Å². The summed E-state index contributed by atoms with van der Waals surface area (Å²) in [4.78, 5) is 12.1. The zero-order chi connectivity index (χ0) is 18.0. The van der Waals surface area contributed by atoms with Gasteiger partial charge in [-0.1, -0.05) is 24.3 Å². The minimum absolute atomic E-state index is 0.825. The molecule has 0 saturated carbocycles. The maximum Gasteiger partial charge on any atom is 0.158 e. The van der Waals surface area contributed by atoms with E-state index in [1.54, 1.807) is 0 Å². The van der Waals surface area contributed by atoms with Crippen LogP contribution in [0, 0.1) is 0 Å². The molecular weight excluding hydrogens is 334 g/mol. The van der Waals surface area contributed by atoms with E-state index in [-0.39, 0.29) is 0 Å². The Hall–Kier alpha value is -2.88. The molecule has 0 amide bonds. The minimum atomic E-state index is 0.825. The third-order valence-electron chi connectivity index (χ3n) is 6.10. The molecule has 0 unspecified atom stereocenters. The number of aryl methyl sites for hydroxylation is 2. The Morgan fingerprint density at radius 2 is 1.85 bits per heavy atom. The van der Waals surface area contributed by atoms with Crippen molar-refractivity contribution < 1.29 is 4.42 Å². The van der Waals surface area contributed by atoms with E-state index in [2.05, 4.69) is 40.2 Å². The summed E-state index contributed by atoms with van der Waals surface area (Å²) in [6, 6.07) is 12.6. The first-order valence-electron chi connectivity index (χ1n) is 9.82. The molecule has 4 nitrogen and oxygen atoms in total. The van der Waals surface area contributed by atoms with Crippen molar-refractivity contribution in [3.8, 4) is 11.5 Å². The van der Waals surface area contributed by atoms with Crippen molar-refractivity contribution in [3.63, 3.8) is 0 Å². The van der Waals surface area contributed by atoms with Crippen LogP contribution in [0.5, 0.6) is 0 Å². The summed E-state index contributed by atoms with van der Waals surface area (Å²) >= 11 is 0. The minimum Gasteiger partial charge on any atom is -0.452 e. The van der Waals surface area contributed by atoms with Gasteiger partial charge in [-0.15, -0.1) is 0 Å². The molecule has 0 saturated heterocycles. The van der Waals surface area contributed by atoms with Gasteiger partial charge in [0.1, 0.15) is 11.2 Å². The molecule has 2 aromatic rings. The van der Waals surface area contributed by atoms with Crippen LogP contribution in [-0.4, -0.2) is 25.1 Å². The fraction of sp³-hybridized carbons (Fsp3) is 0.304. The zero-order valence-electron chi connectivity index (χ0n) is 15.5. The van der Waals surface area contributed by atoms with E-state index in [0.29, 0.717) is 0 Å². The van der Waals surface area contributed by atoms with Gasteiger partial charge in [0, 0.05) is 48.2 Å². The monoisotopic (exact) mass is 355 g/mol. The van der Waals surface area contributed by atoms with Crippen LogP contribution < -0.4 is 10.3 Å². The van der Waals surface area contributed by atoms with E-state index in [1.807, 2.05) is 13.1 Å². The average Bonchev–Trinajstić information content (AvgIpc) is 2.72. The van der Waals surface area contributed by atoms with Crippen LogP contribution in [0.2, 0.25) is 0 Å². The molecule has 6 rings (SSSR count).